The van der Waals surface area contributed by atoms with Crippen molar-refractivity contribution in [3.63, 3.8) is 0 Å². The maximum atomic E-state index is 11.0. The van der Waals surface area contributed by atoms with Gasteiger partial charge in [-0.25, -0.2) is 8.42 Å². The van der Waals surface area contributed by atoms with Gasteiger partial charge in [-0.2, -0.15) is 0 Å². The molecule has 0 amide bonds. The SMILES string of the molecule is CCNC(=NCCCS(C)(=O)=O)NCCOCCC(C)C.I. The lowest BCUT2D eigenvalue weighted by Crippen LogP contribution is -2.39. The fourth-order valence-corrected chi connectivity index (χ4v) is 2.18. The Kier molecular flexibility index (Phi) is 15.9. The minimum absolute atomic E-state index is 0. The second-order valence-corrected chi connectivity index (χ2v) is 7.73. The first-order valence-corrected chi connectivity index (χ1v) is 9.69. The minimum atomic E-state index is -2.90. The second kappa shape index (κ2) is 14.5. The second-order valence-electron chi connectivity index (χ2n) is 5.47. The molecule has 0 fully saturated rings. The molecule has 0 aromatic rings. The van der Waals surface area contributed by atoms with Gasteiger partial charge in [0.15, 0.2) is 5.96 Å². The summed E-state index contributed by atoms with van der Waals surface area (Å²) in [6.07, 6.45) is 2.86. The van der Waals surface area contributed by atoms with Crippen LogP contribution in [-0.4, -0.2) is 59.2 Å². The van der Waals surface area contributed by atoms with Crippen LogP contribution in [0.1, 0.15) is 33.6 Å². The highest BCUT2D eigenvalue weighted by molar-refractivity contribution is 14.0. The summed E-state index contributed by atoms with van der Waals surface area (Å²) < 4.78 is 27.6. The van der Waals surface area contributed by atoms with Crippen LogP contribution in [0.15, 0.2) is 4.99 Å². The van der Waals surface area contributed by atoms with E-state index in [4.69, 9.17) is 4.74 Å². The first kappa shape index (κ1) is 24.2. The van der Waals surface area contributed by atoms with Crippen LogP contribution in [0.2, 0.25) is 0 Å². The van der Waals surface area contributed by atoms with Crippen LogP contribution in [-0.2, 0) is 14.6 Å². The van der Waals surface area contributed by atoms with E-state index in [0.29, 0.717) is 38.0 Å². The van der Waals surface area contributed by atoms with Crippen molar-refractivity contribution in [3.8, 4) is 0 Å². The molecule has 0 unspecified atom stereocenters. The van der Waals surface area contributed by atoms with Crippen molar-refractivity contribution >= 4 is 39.8 Å². The Bertz CT molecular complexity index is 387. The average molecular weight is 449 g/mol. The number of sulfone groups is 1. The summed E-state index contributed by atoms with van der Waals surface area (Å²) >= 11 is 0. The number of nitrogens with one attached hydrogen (secondary N) is 2. The number of aliphatic imine (C=N–C) groups is 1. The van der Waals surface area contributed by atoms with Crippen LogP contribution in [0.25, 0.3) is 0 Å². The molecule has 0 aliphatic rings. The van der Waals surface area contributed by atoms with Gasteiger partial charge in [0.2, 0.25) is 0 Å². The fraction of sp³-hybridized carbons (Fsp3) is 0.929. The smallest absolute Gasteiger partial charge is 0.191 e. The molecule has 0 aliphatic heterocycles. The van der Waals surface area contributed by atoms with Gasteiger partial charge in [-0.05, 0) is 25.7 Å². The molecule has 0 aliphatic carbocycles. The van der Waals surface area contributed by atoms with E-state index in [-0.39, 0.29) is 29.7 Å². The summed E-state index contributed by atoms with van der Waals surface area (Å²) in [5.74, 6) is 1.54. The van der Waals surface area contributed by atoms with Crippen LogP contribution in [0.5, 0.6) is 0 Å². The number of rotatable bonds is 11. The van der Waals surface area contributed by atoms with Crippen LogP contribution >= 0.6 is 24.0 Å². The highest BCUT2D eigenvalue weighted by Gasteiger charge is 2.01. The third-order valence-electron chi connectivity index (χ3n) is 2.67. The third-order valence-corrected chi connectivity index (χ3v) is 3.70. The van der Waals surface area contributed by atoms with Crippen LogP contribution in [0.3, 0.4) is 0 Å². The summed E-state index contributed by atoms with van der Waals surface area (Å²) in [4.78, 5) is 4.34. The van der Waals surface area contributed by atoms with Crippen molar-refractivity contribution in [1.82, 2.24) is 10.6 Å². The molecular formula is C14H32IN3O3S. The van der Waals surface area contributed by atoms with E-state index < -0.39 is 9.84 Å². The average Bonchev–Trinajstić information content (AvgIpc) is 2.37. The monoisotopic (exact) mass is 449 g/mol. The van der Waals surface area contributed by atoms with E-state index in [1.165, 1.54) is 6.26 Å². The van der Waals surface area contributed by atoms with Crippen LogP contribution in [0, 0.1) is 5.92 Å². The zero-order valence-corrected chi connectivity index (χ0v) is 17.4. The van der Waals surface area contributed by atoms with Crippen molar-refractivity contribution < 1.29 is 13.2 Å². The molecule has 0 radical (unpaired) electrons. The first-order valence-electron chi connectivity index (χ1n) is 7.62. The molecule has 0 spiro atoms. The topological polar surface area (TPSA) is 79.8 Å². The first-order chi connectivity index (χ1) is 9.85. The molecule has 0 aromatic carbocycles. The molecule has 134 valence electrons. The van der Waals surface area contributed by atoms with E-state index in [1.807, 2.05) is 6.92 Å². The number of hydrogen-bond acceptors (Lipinski definition) is 4. The molecule has 0 atom stereocenters. The minimum Gasteiger partial charge on any atom is -0.380 e. The van der Waals surface area contributed by atoms with Crippen molar-refractivity contribution in [2.75, 3.05) is 44.9 Å². The summed E-state index contributed by atoms with van der Waals surface area (Å²) in [6.45, 7) is 9.72. The van der Waals surface area contributed by atoms with E-state index in [1.54, 1.807) is 0 Å². The number of nitrogens with zero attached hydrogens (tertiary/aromatic N) is 1. The van der Waals surface area contributed by atoms with Gasteiger partial charge in [0.25, 0.3) is 0 Å². The Labute approximate surface area is 152 Å². The lowest BCUT2D eigenvalue weighted by Gasteiger charge is -2.12. The molecular weight excluding hydrogens is 417 g/mol. The molecule has 8 heteroatoms. The quantitative estimate of drug-likeness (QED) is 0.217. The van der Waals surface area contributed by atoms with Crippen molar-refractivity contribution in [3.05, 3.63) is 0 Å². The number of guanidine groups is 1. The molecule has 0 saturated heterocycles. The highest BCUT2D eigenvalue weighted by atomic mass is 127. The lowest BCUT2D eigenvalue weighted by molar-refractivity contribution is 0.128. The lowest BCUT2D eigenvalue weighted by atomic mass is 10.1. The Balaban J connectivity index is 0. The number of ether oxygens (including phenoxy) is 1. The van der Waals surface area contributed by atoms with E-state index in [2.05, 4.69) is 29.5 Å². The van der Waals surface area contributed by atoms with Gasteiger partial charge in [0.1, 0.15) is 9.84 Å². The van der Waals surface area contributed by atoms with Crippen molar-refractivity contribution in [2.24, 2.45) is 10.9 Å². The summed E-state index contributed by atoms with van der Waals surface area (Å²) in [5, 5.41) is 6.29. The van der Waals surface area contributed by atoms with E-state index in [0.717, 1.165) is 19.6 Å². The molecule has 0 bridgehead atoms. The number of hydrogen-bond donors (Lipinski definition) is 2. The molecule has 0 rings (SSSR count). The molecule has 0 aromatic heterocycles. The Hall–Kier alpha value is -0.0900. The summed E-state index contributed by atoms with van der Waals surface area (Å²) in [7, 11) is -2.90. The van der Waals surface area contributed by atoms with E-state index >= 15 is 0 Å². The summed E-state index contributed by atoms with van der Waals surface area (Å²) in [6, 6.07) is 0. The maximum Gasteiger partial charge on any atom is 0.191 e. The molecule has 0 heterocycles. The number of halogens is 1. The normalized spacial score (nSPS) is 12.1. The van der Waals surface area contributed by atoms with Gasteiger partial charge in [-0.3, -0.25) is 4.99 Å². The van der Waals surface area contributed by atoms with Gasteiger partial charge in [0.05, 0.1) is 12.4 Å². The van der Waals surface area contributed by atoms with Crippen LogP contribution < -0.4 is 10.6 Å². The van der Waals surface area contributed by atoms with Gasteiger partial charge in [-0.15, -0.1) is 24.0 Å². The zero-order valence-electron chi connectivity index (χ0n) is 14.2. The molecule has 22 heavy (non-hydrogen) atoms. The fourth-order valence-electron chi connectivity index (χ4n) is 1.52. The Morgan fingerprint density at radius 2 is 1.91 bits per heavy atom. The maximum absolute atomic E-state index is 11.0. The van der Waals surface area contributed by atoms with Gasteiger partial charge in [0, 0.05) is 32.5 Å². The Morgan fingerprint density at radius 3 is 2.45 bits per heavy atom. The van der Waals surface area contributed by atoms with Crippen LogP contribution in [0.4, 0.5) is 0 Å². The third kappa shape index (κ3) is 18.0. The van der Waals surface area contributed by atoms with Crippen molar-refractivity contribution in [2.45, 2.75) is 33.6 Å². The van der Waals surface area contributed by atoms with Crippen molar-refractivity contribution in [1.29, 1.82) is 0 Å². The molecule has 0 saturated carbocycles. The standard InChI is InChI=1S/C14H31N3O3S.HI/c1-5-15-14(16-8-6-12-21(4,18)19)17-9-11-20-10-7-13(2)3;/h13H,5-12H2,1-4H3,(H2,15,16,17);1H. The predicted octanol–water partition coefficient (Wildman–Crippen LogP) is 1.66. The zero-order chi connectivity index (χ0) is 16.1. The van der Waals surface area contributed by atoms with Gasteiger partial charge < -0.3 is 15.4 Å². The Morgan fingerprint density at radius 1 is 1.23 bits per heavy atom. The van der Waals surface area contributed by atoms with E-state index in [9.17, 15) is 8.42 Å². The molecule has 2 N–H and O–H groups in total. The largest absolute Gasteiger partial charge is 0.380 e. The molecule has 6 nitrogen and oxygen atoms in total. The van der Waals surface area contributed by atoms with Gasteiger partial charge >= 0.3 is 0 Å². The highest BCUT2D eigenvalue weighted by Crippen LogP contribution is 1.98. The summed E-state index contributed by atoms with van der Waals surface area (Å²) in [5.41, 5.74) is 0. The predicted molar refractivity (Wildman–Crippen MR) is 104 cm³/mol. The van der Waals surface area contributed by atoms with Gasteiger partial charge in [-0.1, -0.05) is 13.8 Å².